The molecule has 3 rings (SSSR count). The minimum atomic E-state index is -5.37. The number of carbonyl (C=O) groups excluding carboxylic acids is 2. The van der Waals surface area contributed by atoms with Crippen molar-refractivity contribution in [3.8, 4) is 0 Å². The molecule has 0 spiro atoms. The fraction of sp³-hybridized carbons (Fsp3) is 0.462. The molecule has 0 bridgehead atoms. The van der Waals surface area contributed by atoms with Crippen LogP contribution in [0.5, 0.6) is 0 Å². The Bertz CT molecular complexity index is 1270. The van der Waals surface area contributed by atoms with E-state index in [0.717, 1.165) is 11.0 Å². The third-order valence-corrected chi connectivity index (χ3v) is 6.83. The summed E-state index contributed by atoms with van der Waals surface area (Å²) in [7, 11) is 0.698. The Morgan fingerprint density at radius 1 is 0.854 bits per heavy atom. The van der Waals surface area contributed by atoms with Crippen molar-refractivity contribution < 1.29 is 63.7 Å². The lowest BCUT2D eigenvalue weighted by Crippen LogP contribution is -2.51. The zero-order valence-electron chi connectivity index (χ0n) is 21.7. The quantitative estimate of drug-likeness (QED) is 0.294. The van der Waals surface area contributed by atoms with Crippen LogP contribution >= 0.6 is 0 Å². The van der Waals surface area contributed by atoms with Gasteiger partial charge in [0.05, 0.1) is 36.1 Å². The minimum absolute atomic E-state index is 0.0451. The number of methoxy groups -OCH3 is 1. The topological polar surface area (TPSA) is 76.1 Å². The fourth-order valence-electron chi connectivity index (χ4n) is 4.91. The van der Waals surface area contributed by atoms with Gasteiger partial charge in [-0.1, -0.05) is 6.92 Å². The predicted molar refractivity (Wildman–Crippen MR) is 125 cm³/mol. The molecule has 2 aromatic carbocycles. The Labute approximate surface area is 227 Å². The lowest BCUT2D eigenvalue weighted by atomic mass is 9.70. The van der Waals surface area contributed by atoms with Gasteiger partial charge in [-0.2, -0.15) is 39.5 Å². The smallest absolute Gasteiger partial charge is 0.416 e. The summed E-state index contributed by atoms with van der Waals surface area (Å²) < 4.78 is 133. The van der Waals surface area contributed by atoms with Crippen LogP contribution in [0.4, 0.5) is 50.0 Å². The van der Waals surface area contributed by atoms with Crippen molar-refractivity contribution >= 4 is 17.7 Å². The zero-order chi connectivity index (χ0) is 31.1. The minimum Gasteiger partial charge on any atom is -0.467 e. The molecule has 1 aliphatic heterocycles. The molecule has 6 nitrogen and oxygen atoms in total. The van der Waals surface area contributed by atoms with Crippen molar-refractivity contribution in [2.24, 2.45) is 0 Å². The van der Waals surface area contributed by atoms with E-state index in [-0.39, 0.29) is 36.9 Å². The standard InChI is InChI=1S/C26H24F9NO5/c1-4-17-12-19(18-11-13(24(27,28)29)6-7-20(18)36(17)22(38)41-5-2)23(39,21(37)40-3)14-8-15(25(30,31)32)10-16(9-14)26(33,34)35/h6-11,17,19,39H,4-5,12H2,1-3H3/t17-,19+,23-/m1/s1. The monoisotopic (exact) mass is 601 g/mol. The van der Waals surface area contributed by atoms with E-state index in [1.165, 1.54) is 13.8 Å². The van der Waals surface area contributed by atoms with E-state index in [2.05, 4.69) is 4.74 Å². The number of rotatable bonds is 5. The molecule has 15 heteroatoms. The highest BCUT2D eigenvalue weighted by Crippen LogP contribution is 2.52. The number of carbonyl (C=O) groups is 2. The van der Waals surface area contributed by atoms with Gasteiger partial charge in [-0.25, -0.2) is 9.59 Å². The highest BCUT2D eigenvalue weighted by Gasteiger charge is 2.54. The van der Waals surface area contributed by atoms with Crippen LogP contribution in [-0.2, 0) is 38.4 Å². The number of benzene rings is 2. The van der Waals surface area contributed by atoms with Crippen molar-refractivity contribution in [1.29, 1.82) is 0 Å². The van der Waals surface area contributed by atoms with E-state index >= 15 is 0 Å². The van der Waals surface area contributed by atoms with E-state index in [1.807, 2.05) is 0 Å². The Hall–Kier alpha value is -3.49. The molecule has 0 fully saturated rings. The predicted octanol–water partition coefficient (Wildman–Crippen LogP) is 7.03. The molecule has 0 aliphatic carbocycles. The van der Waals surface area contributed by atoms with Crippen molar-refractivity contribution in [3.05, 3.63) is 64.2 Å². The second kappa shape index (κ2) is 11.1. The maximum Gasteiger partial charge on any atom is 0.416 e. The highest BCUT2D eigenvalue weighted by molar-refractivity contribution is 5.92. The molecule has 1 aliphatic rings. The van der Waals surface area contributed by atoms with Gasteiger partial charge in [-0.15, -0.1) is 0 Å². The maximum absolute atomic E-state index is 13.7. The molecule has 2 aromatic rings. The molecular formula is C26H24F9NO5. The number of fused-ring (bicyclic) bond motifs is 1. The van der Waals surface area contributed by atoms with Gasteiger partial charge in [0.2, 0.25) is 0 Å². The number of alkyl halides is 9. The number of anilines is 1. The number of hydrogen-bond acceptors (Lipinski definition) is 5. The molecule has 1 N–H and O–H groups in total. The Morgan fingerprint density at radius 3 is 1.80 bits per heavy atom. The molecule has 41 heavy (non-hydrogen) atoms. The second-order valence-electron chi connectivity index (χ2n) is 9.24. The number of ether oxygens (including phenoxy) is 2. The first-order valence-corrected chi connectivity index (χ1v) is 12.1. The first-order valence-electron chi connectivity index (χ1n) is 12.1. The number of aliphatic hydroxyl groups is 1. The van der Waals surface area contributed by atoms with Crippen LogP contribution in [-0.4, -0.2) is 36.9 Å². The molecule has 0 aromatic heterocycles. The summed E-state index contributed by atoms with van der Waals surface area (Å²) in [5.41, 5.74) is -10.5. The molecule has 0 radical (unpaired) electrons. The first kappa shape index (κ1) is 32.0. The van der Waals surface area contributed by atoms with Gasteiger partial charge in [0.1, 0.15) is 0 Å². The number of halogens is 9. The van der Waals surface area contributed by atoms with Gasteiger partial charge in [-0.05, 0) is 67.3 Å². The molecule has 0 unspecified atom stereocenters. The van der Waals surface area contributed by atoms with E-state index in [9.17, 15) is 54.2 Å². The second-order valence-corrected chi connectivity index (χ2v) is 9.24. The Balaban J connectivity index is 2.43. The summed E-state index contributed by atoms with van der Waals surface area (Å²) in [6.45, 7) is 2.86. The van der Waals surface area contributed by atoms with Crippen molar-refractivity contribution in [2.45, 2.75) is 62.8 Å². The van der Waals surface area contributed by atoms with E-state index in [1.54, 1.807) is 0 Å². The fourth-order valence-corrected chi connectivity index (χ4v) is 4.91. The van der Waals surface area contributed by atoms with Crippen LogP contribution in [0, 0.1) is 0 Å². The average Bonchev–Trinajstić information content (AvgIpc) is 2.89. The molecule has 0 saturated carbocycles. The normalized spacial score (nSPS) is 19.3. The molecular weight excluding hydrogens is 577 g/mol. The summed E-state index contributed by atoms with van der Waals surface area (Å²) in [4.78, 5) is 26.9. The van der Waals surface area contributed by atoms with E-state index in [4.69, 9.17) is 4.74 Å². The Kier molecular flexibility index (Phi) is 8.64. The Morgan fingerprint density at radius 2 is 1.37 bits per heavy atom. The van der Waals surface area contributed by atoms with Gasteiger partial charge in [0.15, 0.2) is 5.60 Å². The largest absolute Gasteiger partial charge is 0.467 e. The first-order chi connectivity index (χ1) is 18.8. The van der Waals surface area contributed by atoms with Crippen molar-refractivity contribution in [2.75, 3.05) is 18.6 Å². The lowest BCUT2D eigenvalue weighted by Gasteiger charge is -2.45. The van der Waals surface area contributed by atoms with Gasteiger partial charge in [0, 0.05) is 12.0 Å². The van der Waals surface area contributed by atoms with Crippen molar-refractivity contribution in [3.63, 3.8) is 0 Å². The summed E-state index contributed by atoms with van der Waals surface area (Å²) in [5.74, 6) is -3.62. The summed E-state index contributed by atoms with van der Waals surface area (Å²) in [6.07, 6.45) is -17.2. The number of hydrogen-bond donors (Lipinski definition) is 1. The van der Waals surface area contributed by atoms with Gasteiger partial charge in [0.25, 0.3) is 0 Å². The molecule has 0 saturated heterocycles. The SMILES string of the molecule is CCOC(=O)N1c2ccc(C(F)(F)F)cc2[C@@H]([C@@](O)(C(=O)OC)c2cc(C(F)(F)F)cc(C(F)(F)F)c2)C[C@H]1CC. The lowest BCUT2D eigenvalue weighted by molar-refractivity contribution is -0.168. The van der Waals surface area contributed by atoms with Crippen LogP contribution in [0.25, 0.3) is 0 Å². The summed E-state index contributed by atoms with van der Waals surface area (Å²) in [5, 5.41) is 11.8. The molecule has 1 amide bonds. The average molecular weight is 601 g/mol. The molecule has 3 atom stereocenters. The number of amides is 1. The van der Waals surface area contributed by atoms with E-state index in [0.29, 0.717) is 19.2 Å². The van der Waals surface area contributed by atoms with Crippen molar-refractivity contribution in [1.82, 2.24) is 0 Å². The molecule has 1 heterocycles. The number of esters is 1. The summed E-state index contributed by atoms with van der Waals surface area (Å²) in [6, 6.07) is 0.917. The van der Waals surface area contributed by atoms with Gasteiger partial charge in [-0.3, -0.25) is 4.90 Å². The van der Waals surface area contributed by atoms with Crippen LogP contribution < -0.4 is 4.90 Å². The third-order valence-electron chi connectivity index (χ3n) is 6.83. The van der Waals surface area contributed by atoms with Crippen LogP contribution in [0.2, 0.25) is 0 Å². The third kappa shape index (κ3) is 6.09. The highest BCUT2D eigenvalue weighted by atomic mass is 19.4. The van der Waals surface area contributed by atoms with Gasteiger partial charge < -0.3 is 14.6 Å². The van der Waals surface area contributed by atoms with Crippen LogP contribution in [0.3, 0.4) is 0 Å². The van der Waals surface area contributed by atoms with Crippen LogP contribution in [0.15, 0.2) is 36.4 Å². The van der Waals surface area contributed by atoms with E-state index < -0.39 is 82.4 Å². The summed E-state index contributed by atoms with van der Waals surface area (Å²) >= 11 is 0. The number of nitrogens with zero attached hydrogens (tertiary/aromatic N) is 1. The zero-order valence-corrected chi connectivity index (χ0v) is 21.7. The molecule has 226 valence electrons. The van der Waals surface area contributed by atoms with Crippen LogP contribution in [0.1, 0.15) is 60.4 Å². The van der Waals surface area contributed by atoms with Gasteiger partial charge >= 0.3 is 30.6 Å². The maximum atomic E-state index is 13.7.